The molecule has 0 spiro atoms. The number of ether oxygens (including phenoxy) is 1. The summed E-state index contributed by atoms with van der Waals surface area (Å²) in [6.45, 7) is 0.479. The molecule has 19 heavy (non-hydrogen) atoms. The minimum absolute atomic E-state index is 0.316. The van der Waals surface area contributed by atoms with Gasteiger partial charge in [0.1, 0.15) is 5.52 Å². The largest absolute Gasteiger partial charge is 0.428 e. The second kappa shape index (κ2) is 4.50. The maximum atomic E-state index is 12.0. The summed E-state index contributed by atoms with van der Waals surface area (Å²) in [5.74, 6) is 0.116. The quantitative estimate of drug-likeness (QED) is 0.836. The van der Waals surface area contributed by atoms with Crippen molar-refractivity contribution in [3.05, 3.63) is 18.2 Å². The van der Waals surface area contributed by atoms with Gasteiger partial charge in [-0.15, -0.1) is 0 Å². The normalized spacial score (nSPS) is 16.0. The predicted octanol–water partition coefficient (Wildman–Crippen LogP) is 1.57. The summed E-state index contributed by atoms with van der Waals surface area (Å²) in [6, 6.07) is 4.81. The number of rotatable bonds is 5. The highest BCUT2D eigenvalue weighted by atomic mass is 32.2. The second-order valence-corrected chi connectivity index (χ2v) is 6.57. The van der Waals surface area contributed by atoms with Crippen molar-refractivity contribution in [3.8, 4) is 0 Å². The fourth-order valence-electron chi connectivity index (χ4n) is 1.71. The van der Waals surface area contributed by atoms with E-state index >= 15 is 0 Å². The Labute approximate surface area is 110 Å². The summed E-state index contributed by atoms with van der Waals surface area (Å²) in [4.78, 5) is 3.95. The number of fused-ring (bicyclic) bond motifs is 1. The lowest BCUT2D eigenvalue weighted by atomic mass is 10.3. The summed E-state index contributed by atoms with van der Waals surface area (Å²) in [7, 11) is -3.64. The average molecular weight is 282 g/mol. The van der Waals surface area contributed by atoms with Crippen LogP contribution in [0.25, 0.3) is 11.1 Å². The Balaban J connectivity index is 1.80. The minimum atomic E-state index is -3.64. The van der Waals surface area contributed by atoms with E-state index in [1.165, 1.54) is 0 Å². The fourth-order valence-corrected chi connectivity index (χ4v) is 2.58. The summed E-state index contributed by atoms with van der Waals surface area (Å²) in [5, 5.41) is -0.316. The Bertz CT molecular complexity index is 704. The van der Waals surface area contributed by atoms with Crippen molar-refractivity contribution in [1.82, 2.24) is 4.98 Å². The van der Waals surface area contributed by atoms with E-state index in [4.69, 9.17) is 14.9 Å². The van der Waals surface area contributed by atoms with Crippen molar-refractivity contribution in [2.24, 2.45) is 5.92 Å². The molecule has 0 aliphatic heterocycles. The lowest BCUT2D eigenvalue weighted by Crippen LogP contribution is -2.11. The fraction of sp³-hybridized carbons (Fsp3) is 0.417. The monoisotopic (exact) mass is 282 g/mol. The van der Waals surface area contributed by atoms with Crippen LogP contribution in [0.15, 0.2) is 27.8 Å². The molecule has 1 saturated carbocycles. The first kappa shape index (κ1) is 12.4. The van der Waals surface area contributed by atoms with Gasteiger partial charge in [0.15, 0.2) is 11.5 Å². The van der Waals surface area contributed by atoms with Crippen LogP contribution in [0.2, 0.25) is 0 Å². The lowest BCUT2D eigenvalue weighted by molar-refractivity contribution is 0.164. The first-order valence-electron chi connectivity index (χ1n) is 6.01. The molecule has 1 aromatic heterocycles. The van der Waals surface area contributed by atoms with Gasteiger partial charge in [-0.2, -0.15) is 4.98 Å². The molecule has 0 saturated heterocycles. The van der Waals surface area contributed by atoms with Gasteiger partial charge in [-0.3, -0.25) is 0 Å². The number of nitrogens with two attached hydrogens (primary N) is 1. The van der Waals surface area contributed by atoms with Crippen molar-refractivity contribution in [2.75, 3.05) is 18.3 Å². The van der Waals surface area contributed by atoms with Gasteiger partial charge in [-0.05, 0) is 30.9 Å². The molecule has 2 N–H and O–H groups in total. The molecule has 1 aliphatic rings. The molecule has 1 fully saturated rings. The van der Waals surface area contributed by atoms with E-state index in [-0.39, 0.29) is 5.22 Å². The van der Waals surface area contributed by atoms with Crippen LogP contribution >= 0.6 is 0 Å². The van der Waals surface area contributed by atoms with E-state index in [0.29, 0.717) is 29.3 Å². The Morgan fingerprint density at radius 3 is 2.95 bits per heavy atom. The smallest absolute Gasteiger partial charge is 0.318 e. The number of oxazole rings is 1. The van der Waals surface area contributed by atoms with Crippen LogP contribution in [0.1, 0.15) is 12.8 Å². The molecule has 0 atom stereocenters. The van der Waals surface area contributed by atoms with Crippen LogP contribution in [0, 0.1) is 5.92 Å². The molecule has 0 amide bonds. The van der Waals surface area contributed by atoms with Gasteiger partial charge < -0.3 is 14.9 Å². The standard InChI is InChI=1S/C12H14N2O4S/c13-9-3-4-10-11(5-9)18-12(14-10)19(15,16)7-17-6-8-1-2-8/h3-5,8H,1-2,6-7,13H2. The highest BCUT2D eigenvalue weighted by Gasteiger charge is 2.25. The van der Waals surface area contributed by atoms with Crippen LogP contribution in [0.5, 0.6) is 0 Å². The average Bonchev–Trinajstić information content (AvgIpc) is 3.06. The van der Waals surface area contributed by atoms with E-state index in [9.17, 15) is 8.42 Å². The first-order chi connectivity index (χ1) is 9.04. The Kier molecular flexibility index (Phi) is 2.94. The summed E-state index contributed by atoms with van der Waals surface area (Å²) in [6.07, 6.45) is 2.23. The summed E-state index contributed by atoms with van der Waals surface area (Å²) in [5.41, 5.74) is 6.93. The molecule has 0 bridgehead atoms. The van der Waals surface area contributed by atoms with Crippen LogP contribution in [-0.2, 0) is 14.6 Å². The predicted molar refractivity (Wildman–Crippen MR) is 69.2 cm³/mol. The molecule has 7 heteroatoms. The van der Waals surface area contributed by atoms with Gasteiger partial charge in [0.05, 0.1) is 6.61 Å². The zero-order valence-electron chi connectivity index (χ0n) is 10.2. The van der Waals surface area contributed by atoms with E-state index < -0.39 is 15.8 Å². The third kappa shape index (κ3) is 2.71. The van der Waals surface area contributed by atoms with Crippen molar-refractivity contribution in [1.29, 1.82) is 0 Å². The third-order valence-electron chi connectivity index (χ3n) is 2.95. The van der Waals surface area contributed by atoms with Crippen molar-refractivity contribution in [2.45, 2.75) is 18.1 Å². The van der Waals surface area contributed by atoms with Crippen LogP contribution in [0.4, 0.5) is 5.69 Å². The number of anilines is 1. The molecule has 3 rings (SSSR count). The van der Waals surface area contributed by atoms with Gasteiger partial charge in [0.2, 0.25) is 0 Å². The summed E-state index contributed by atoms with van der Waals surface area (Å²) >= 11 is 0. The van der Waals surface area contributed by atoms with Gasteiger partial charge in [-0.1, -0.05) is 0 Å². The van der Waals surface area contributed by atoms with Gasteiger partial charge >= 0.3 is 5.22 Å². The van der Waals surface area contributed by atoms with Crippen LogP contribution < -0.4 is 5.73 Å². The van der Waals surface area contributed by atoms with E-state index in [1.54, 1.807) is 18.2 Å². The molecular weight excluding hydrogens is 268 g/mol. The topological polar surface area (TPSA) is 95.4 Å². The highest BCUT2D eigenvalue weighted by molar-refractivity contribution is 7.91. The van der Waals surface area contributed by atoms with Crippen molar-refractivity contribution in [3.63, 3.8) is 0 Å². The van der Waals surface area contributed by atoms with Crippen LogP contribution in [-0.4, -0.2) is 25.9 Å². The van der Waals surface area contributed by atoms with Crippen molar-refractivity contribution < 1.29 is 17.6 Å². The molecule has 0 unspecified atom stereocenters. The van der Waals surface area contributed by atoms with E-state index in [2.05, 4.69) is 4.98 Å². The number of hydrogen-bond donors (Lipinski definition) is 1. The minimum Gasteiger partial charge on any atom is -0.428 e. The third-order valence-corrected chi connectivity index (χ3v) is 4.13. The van der Waals surface area contributed by atoms with Gasteiger partial charge in [0, 0.05) is 11.8 Å². The van der Waals surface area contributed by atoms with Gasteiger partial charge in [-0.25, -0.2) is 8.42 Å². The Hall–Kier alpha value is -1.60. The highest BCUT2D eigenvalue weighted by Crippen LogP contribution is 2.29. The number of benzene rings is 1. The maximum Gasteiger partial charge on any atom is 0.318 e. The molecule has 2 aromatic rings. The molecule has 1 aromatic carbocycles. The Morgan fingerprint density at radius 1 is 1.42 bits per heavy atom. The molecule has 1 heterocycles. The zero-order valence-corrected chi connectivity index (χ0v) is 11.0. The molecule has 6 nitrogen and oxygen atoms in total. The number of sulfone groups is 1. The maximum absolute atomic E-state index is 12.0. The van der Waals surface area contributed by atoms with Gasteiger partial charge in [0.25, 0.3) is 9.84 Å². The second-order valence-electron chi connectivity index (χ2n) is 4.75. The molecule has 0 radical (unpaired) electrons. The Morgan fingerprint density at radius 2 is 2.21 bits per heavy atom. The zero-order chi connectivity index (χ0) is 13.5. The van der Waals surface area contributed by atoms with E-state index in [1.807, 2.05) is 0 Å². The number of nitrogens with zero attached hydrogens (tertiary/aromatic N) is 1. The molecule has 102 valence electrons. The first-order valence-corrected chi connectivity index (χ1v) is 7.66. The summed E-state index contributed by atoms with van der Waals surface area (Å²) < 4.78 is 34.4. The molecular formula is C12H14N2O4S. The molecule has 1 aliphatic carbocycles. The number of aromatic nitrogens is 1. The van der Waals surface area contributed by atoms with Crippen molar-refractivity contribution >= 4 is 26.6 Å². The SMILES string of the molecule is Nc1ccc2nc(S(=O)(=O)COCC3CC3)oc2c1. The number of nitrogen functional groups attached to an aromatic ring is 1. The van der Waals surface area contributed by atoms with E-state index in [0.717, 1.165) is 12.8 Å². The lowest BCUT2D eigenvalue weighted by Gasteiger charge is -2.01. The number of hydrogen-bond acceptors (Lipinski definition) is 6. The van der Waals surface area contributed by atoms with Crippen LogP contribution in [0.3, 0.4) is 0 Å².